The summed E-state index contributed by atoms with van der Waals surface area (Å²) in [5.41, 5.74) is 3.35. The van der Waals surface area contributed by atoms with Crippen molar-refractivity contribution >= 4 is 5.91 Å². The highest BCUT2D eigenvalue weighted by Gasteiger charge is 2.38. The van der Waals surface area contributed by atoms with Crippen LogP contribution in [-0.4, -0.2) is 41.4 Å². The van der Waals surface area contributed by atoms with Crippen molar-refractivity contribution in [2.75, 3.05) is 19.6 Å². The van der Waals surface area contributed by atoms with Crippen molar-refractivity contribution in [3.8, 4) is 0 Å². The first-order valence-electron chi connectivity index (χ1n) is 12.7. The van der Waals surface area contributed by atoms with Crippen molar-refractivity contribution in [2.24, 2.45) is 11.8 Å². The van der Waals surface area contributed by atoms with Crippen molar-refractivity contribution in [1.29, 1.82) is 0 Å². The lowest BCUT2D eigenvalue weighted by atomic mass is 9.86. The van der Waals surface area contributed by atoms with E-state index in [1.807, 2.05) is 26.0 Å². The van der Waals surface area contributed by atoms with Gasteiger partial charge in [-0.1, -0.05) is 81.1 Å². The lowest BCUT2D eigenvalue weighted by Gasteiger charge is -2.38. The molecule has 1 saturated heterocycles. The molecule has 3 nitrogen and oxygen atoms in total. The zero-order valence-corrected chi connectivity index (χ0v) is 20.5. The predicted octanol–water partition coefficient (Wildman–Crippen LogP) is 6.17. The van der Waals surface area contributed by atoms with Crippen LogP contribution in [-0.2, 0) is 11.3 Å². The van der Waals surface area contributed by atoms with Gasteiger partial charge in [0.1, 0.15) is 5.82 Å². The van der Waals surface area contributed by atoms with Gasteiger partial charge in [0.05, 0.1) is 0 Å². The molecule has 2 aliphatic rings. The number of aryl methyl sites for hydroxylation is 1. The molecule has 0 radical (unpaired) electrons. The molecule has 0 spiro atoms. The largest absolute Gasteiger partial charge is 0.339 e. The summed E-state index contributed by atoms with van der Waals surface area (Å²) >= 11 is 0. The van der Waals surface area contributed by atoms with Gasteiger partial charge in [0.2, 0.25) is 5.91 Å². The number of nitrogens with zero attached hydrogens (tertiary/aromatic N) is 2. The van der Waals surface area contributed by atoms with Crippen LogP contribution in [0.5, 0.6) is 0 Å². The van der Waals surface area contributed by atoms with Crippen LogP contribution in [0.4, 0.5) is 4.39 Å². The maximum atomic E-state index is 14.4. The summed E-state index contributed by atoms with van der Waals surface area (Å²) in [6.45, 7) is 9.37. The summed E-state index contributed by atoms with van der Waals surface area (Å²) in [7, 11) is 0. The van der Waals surface area contributed by atoms with Crippen LogP contribution in [0.25, 0.3) is 0 Å². The van der Waals surface area contributed by atoms with Crippen LogP contribution in [0, 0.1) is 24.6 Å². The zero-order chi connectivity index (χ0) is 23.4. The van der Waals surface area contributed by atoms with Crippen molar-refractivity contribution in [3.05, 3.63) is 71.0 Å². The molecule has 33 heavy (non-hydrogen) atoms. The fourth-order valence-corrected chi connectivity index (χ4v) is 5.73. The van der Waals surface area contributed by atoms with E-state index in [2.05, 4.69) is 41.0 Å². The van der Waals surface area contributed by atoms with Gasteiger partial charge in [0.15, 0.2) is 0 Å². The van der Waals surface area contributed by atoms with Gasteiger partial charge in [0.25, 0.3) is 0 Å². The third-order valence-electron chi connectivity index (χ3n) is 7.60. The molecule has 1 aliphatic carbocycles. The van der Waals surface area contributed by atoms with Crippen LogP contribution < -0.4 is 0 Å². The summed E-state index contributed by atoms with van der Waals surface area (Å²) in [6.07, 6.45) is 5.97. The maximum Gasteiger partial charge on any atom is 0.225 e. The van der Waals surface area contributed by atoms with Gasteiger partial charge in [-0.05, 0) is 37.3 Å². The van der Waals surface area contributed by atoms with Crippen LogP contribution >= 0.6 is 0 Å². The van der Waals surface area contributed by atoms with E-state index in [-0.39, 0.29) is 17.6 Å². The topological polar surface area (TPSA) is 23.6 Å². The van der Waals surface area contributed by atoms with E-state index in [9.17, 15) is 9.18 Å². The quantitative estimate of drug-likeness (QED) is 0.504. The molecule has 0 bridgehead atoms. The number of benzene rings is 2. The summed E-state index contributed by atoms with van der Waals surface area (Å²) in [5.74, 6) is 0.872. The second kappa shape index (κ2) is 10.8. The van der Waals surface area contributed by atoms with Crippen molar-refractivity contribution in [2.45, 2.75) is 71.4 Å². The average Bonchev–Trinajstić information content (AvgIpc) is 3.21. The third kappa shape index (κ3) is 5.84. The Hall–Kier alpha value is -2.20. The molecule has 178 valence electrons. The van der Waals surface area contributed by atoms with Crippen LogP contribution in [0.15, 0.2) is 48.5 Å². The van der Waals surface area contributed by atoms with Gasteiger partial charge < -0.3 is 4.90 Å². The first-order valence-corrected chi connectivity index (χ1v) is 12.7. The Morgan fingerprint density at radius 2 is 1.73 bits per heavy atom. The van der Waals surface area contributed by atoms with Crippen LogP contribution in [0.1, 0.15) is 68.6 Å². The Balaban J connectivity index is 1.58. The lowest BCUT2D eigenvalue weighted by Crippen LogP contribution is -2.47. The second-order valence-electron chi connectivity index (χ2n) is 10.5. The van der Waals surface area contributed by atoms with Gasteiger partial charge in [0, 0.05) is 49.6 Å². The SMILES string of the molecule is Cc1ccc([C@@H]2CN(Cc3ccccc3F)C[C@H]2CN(C(=O)C(C)C)C2CCCCC2)cc1. The fraction of sp³-hybridized carbons (Fsp3) is 0.552. The standard InChI is InChI=1S/C29H39FN2O/c1-21(2)29(33)32(26-10-5-4-6-11-26)19-25-18-31(17-24-9-7-8-12-28(24)30)20-27(25)23-15-13-22(3)14-16-23/h7-9,12-16,21,25-27H,4-6,10-11,17-20H2,1-3H3/t25-,27-/m0/s1. The number of halogens is 1. The summed E-state index contributed by atoms with van der Waals surface area (Å²) in [6, 6.07) is 16.3. The van der Waals surface area contributed by atoms with Gasteiger partial charge in [-0.25, -0.2) is 4.39 Å². The van der Waals surface area contributed by atoms with Gasteiger partial charge >= 0.3 is 0 Å². The number of carbonyl (C=O) groups is 1. The average molecular weight is 451 g/mol. The lowest BCUT2D eigenvalue weighted by molar-refractivity contribution is -0.138. The van der Waals surface area contributed by atoms with Crippen molar-refractivity contribution < 1.29 is 9.18 Å². The Morgan fingerprint density at radius 1 is 1.03 bits per heavy atom. The molecule has 2 aromatic carbocycles. The van der Waals surface area contributed by atoms with E-state index < -0.39 is 0 Å². The van der Waals surface area contributed by atoms with E-state index in [1.165, 1.54) is 30.4 Å². The van der Waals surface area contributed by atoms with Gasteiger partial charge in [-0.15, -0.1) is 0 Å². The molecule has 1 saturated carbocycles. The minimum Gasteiger partial charge on any atom is -0.339 e. The summed E-state index contributed by atoms with van der Waals surface area (Å²) in [4.78, 5) is 17.9. The van der Waals surface area contributed by atoms with E-state index in [4.69, 9.17) is 0 Å². The van der Waals surface area contributed by atoms with Gasteiger partial charge in [-0.3, -0.25) is 9.69 Å². The smallest absolute Gasteiger partial charge is 0.225 e. The number of carbonyl (C=O) groups excluding carboxylic acids is 1. The highest BCUT2D eigenvalue weighted by atomic mass is 19.1. The highest BCUT2D eigenvalue weighted by molar-refractivity contribution is 5.78. The first kappa shape index (κ1) is 23.9. The van der Waals surface area contributed by atoms with E-state index in [1.54, 1.807) is 12.1 Å². The first-order chi connectivity index (χ1) is 15.9. The highest BCUT2D eigenvalue weighted by Crippen LogP contribution is 2.36. The molecule has 4 heteroatoms. The van der Waals surface area contributed by atoms with Gasteiger partial charge in [-0.2, -0.15) is 0 Å². The van der Waals surface area contributed by atoms with E-state index in [0.717, 1.165) is 38.0 Å². The Kier molecular flexibility index (Phi) is 7.85. The summed E-state index contributed by atoms with van der Waals surface area (Å²) < 4.78 is 14.4. The molecular formula is C29H39FN2O. The molecule has 0 aromatic heterocycles. The van der Waals surface area contributed by atoms with E-state index in [0.29, 0.717) is 24.4 Å². The molecule has 1 aliphatic heterocycles. The number of hydrogen-bond acceptors (Lipinski definition) is 2. The Bertz CT molecular complexity index is 919. The van der Waals surface area contributed by atoms with Crippen molar-refractivity contribution in [3.63, 3.8) is 0 Å². The second-order valence-corrected chi connectivity index (χ2v) is 10.5. The normalized spacial score (nSPS) is 22.1. The number of rotatable bonds is 7. The maximum absolute atomic E-state index is 14.4. The molecule has 2 aromatic rings. The molecule has 2 fully saturated rings. The molecule has 1 amide bonds. The number of likely N-dealkylation sites (tertiary alicyclic amines) is 1. The fourth-order valence-electron chi connectivity index (χ4n) is 5.73. The predicted molar refractivity (Wildman–Crippen MR) is 133 cm³/mol. The van der Waals surface area contributed by atoms with Crippen LogP contribution in [0.3, 0.4) is 0 Å². The van der Waals surface area contributed by atoms with E-state index >= 15 is 0 Å². The van der Waals surface area contributed by atoms with Crippen LogP contribution in [0.2, 0.25) is 0 Å². The Morgan fingerprint density at radius 3 is 2.39 bits per heavy atom. The zero-order valence-electron chi connectivity index (χ0n) is 20.5. The monoisotopic (exact) mass is 450 g/mol. The molecular weight excluding hydrogens is 411 g/mol. The molecule has 4 rings (SSSR count). The number of amides is 1. The summed E-state index contributed by atoms with van der Waals surface area (Å²) in [5, 5.41) is 0. The molecule has 2 atom stereocenters. The minimum absolute atomic E-state index is 0.0145. The van der Waals surface area contributed by atoms with Crippen molar-refractivity contribution in [1.82, 2.24) is 9.80 Å². The molecule has 0 N–H and O–H groups in total. The third-order valence-corrected chi connectivity index (χ3v) is 7.60. The Labute approximate surface area is 199 Å². The minimum atomic E-state index is -0.133. The molecule has 0 unspecified atom stereocenters. The number of hydrogen-bond donors (Lipinski definition) is 0. The molecule has 1 heterocycles.